The molecule has 4 nitrogen and oxygen atoms in total. The van der Waals surface area contributed by atoms with E-state index in [0.29, 0.717) is 0 Å². The first-order chi connectivity index (χ1) is 8.18. The van der Waals surface area contributed by atoms with Crippen LogP contribution in [0.15, 0.2) is 18.5 Å². The highest BCUT2D eigenvalue weighted by atomic mass is 16.2. The number of hydrogen-bond donors (Lipinski definition) is 2. The average molecular weight is 233 g/mol. The third-order valence-electron chi connectivity index (χ3n) is 3.57. The van der Waals surface area contributed by atoms with Gasteiger partial charge in [-0.05, 0) is 44.4 Å². The molecule has 1 aromatic heterocycles. The van der Waals surface area contributed by atoms with Crippen LogP contribution in [0.4, 0.5) is 5.69 Å². The summed E-state index contributed by atoms with van der Waals surface area (Å²) in [7, 11) is 0. The summed E-state index contributed by atoms with van der Waals surface area (Å²) in [5.41, 5.74) is 1.46. The lowest BCUT2D eigenvalue weighted by molar-refractivity contribution is -0.122. The van der Waals surface area contributed by atoms with Gasteiger partial charge in [0.2, 0.25) is 5.91 Å². The molecule has 0 saturated carbocycles. The fourth-order valence-corrected chi connectivity index (χ4v) is 2.30. The molecule has 0 aromatic carbocycles. The monoisotopic (exact) mass is 233 g/mol. The van der Waals surface area contributed by atoms with Gasteiger partial charge in [-0.2, -0.15) is 0 Å². The van der Waals surface area contributed by atoms with Crippen molar-refractivity contribution in [2.75, 3.05) is 11.9 Å². The van der Waals surface area contributed by atoms with E-state index < -0.39 is 0 Å². The minimum absolute atomic E-state index is 0.0635. The standard InChI is InChI=1S/C13H19N3O/c1-3-13(6-4-7-15-13)12(17)16-11-9-14-8-5-10(11)2/h5,8-9,15H,3-4,6-7H2,1-2H3,(H,16,17). The van der Waals surface area contributed by atoms with E-state index in [2.05, 4.69) is 15.6 Å². The summed E-state index contributed by atoms with van der Waals surface area (Å²) in [5, 5.41) is 6.31. The van der Waals surface area contributed by atoms with E-state index >= 15 is 0 Å². The van der Waals surface area contributed by atoms with Gasteiger partial charge in [0, 0.05) is 6.20 Å². The number of rotatable bonds is 3. The second kappa shape index (κ2) is 4.84. The molecule has 4 heteroatoms. The van der Waals surface area contributed by atoms with Gasteiger partial charge >= 0.3 is 0 Å². The van der Waals surface area contributed by atoms with Crippen molar-refractivity contribution in [2.45, 2.75) is 38.6 Å². The molecule has 0 bridgehead atoms. The van der Waals surface area contributed by atoms with Crippen LogP contribution in [0.25, 0.3) is 0 Å². The Bertz CT molecular complexity index is 411. The summed E-state index contributed by atoms with van der Waals surface area (Å²) in [6.45, 7) is 4.94. The molecule has 1 unspecified atom stereocenters. The van der Waals surface area contributed by atoms with E-state index in [1.165, 1.54) is 0 Å². The van der Waals surface area contributed by atoms with Gasteiger partial charge in [0.15, 0.2) is 0 Å². The zero-order chi connectivity index (χ0) is 12.3. The molecule has 2 rings (SSSR count). The largest absolute Gasteiger partial charge is 0.323 e. The van der Waals surface area contributed by atoms with Gasteiger partial charge in [0.25, 0.3) is 0 Å². The topological polar surface area (TPSA) is 54.0 Å². The number of pyridine rings is 1. The van der Waals surface area contributed by atoms with Gasteiger partial charge in [-0.1, -0.05) is 6.92 Å². The predicted molar refractivity (Wildman–Crippen MR) is 67.9 cm³/mol. The van der Waals surface area contributed by atoms with Gasteiger partial charge in [0.1, 0.15) is 0 Å². The van der Waals surface area contributed by atoms with Crippen LogP contribution < -0.4 is 10.6 Å². The molecular formula is C13H19N3O. The normalized spacial score (nSPS) is 23.6. The third-order valence-corrected chi connectivity index (χ3v) is 3.57. The van der Waals surface area contributed by atoms with Gasteiger partial charge in [-0.15, -0.1) is 0 Å². The highest BCUT2D eigenvalue weighted by Crippen LogP contribution is 2.25. The van der Waals surface area contributed by atoms with Gasteiger partial charge in [-0.25, -0.2) is 0 Å². The molecule has 1 amide bonds. The summed E-state index contributed by atoms with van der Waals surface area (Å²) in [6.07, 6.45) is 6.22. The second-order valence-electron chi connectivity index (χ2n) is 4.61. The maximum Gasteiger partial charge on any atom is 0.244 e. The van der Waals surface area contributed by atoms with Crippen molar-refractivity contribution in [2.24, 2.45) is 0 Å². The molecule has 2 N–H and O–H groups in total. The van der Waals surface area contributed by atoms with E-state index in [-0.39, 0.29) is 11.4 Å². The Balaban J connectivity index is 2.14. The molecule has 2 heterocycles. The van der Waals surface area contributed by atoms with Crippen molar-refractivity contribution < 1.29 is 4.79 Å². The smallest absolute Gasteiger partial charge is 0.244 e. The Labute approximate surface area is 102 Å². The number of aromatic nitrogens is 1. The minimum Gasteiger partial charge on any atom is -0.323 e. The van der Waals surface area contributed by atoms with Crippen molar-refractivity contribution in [3.05, 3.63) is 24.0 Å². The van der Waals surface area contributed by atoms with Gasteiger partial charge in [-0.3, -0.25) is 9.78 Å². The Morgan fingerprint density at radius 3 is 3.06 bits per heavy atom. The maximum absolute atomic E-state index is 12.3. The van der Waals surface area contributed by atoms with Crippen molar-refractivity contribution >= 4 is 11.6 Å². The lowest BCUT2D eigenvalue weighted by Gasteiger charge is -2.26. The summed E-state index contributed by atoms with van der Waals surface area (Å²) < 4.78 is 0. The molecule has 0 spiro atoms. The molecular weight excluding hydrogens is 214 g/mol. The molecule has 0 aliphatic carbocycles. The zero-order valence-electron chi connectivity index (χ0n) is 10.4. The lowest BCUT2D eigenvalue weighted by atomic mass is 9.93. The molecule has 1 fully saturated rings. The molecule has 1 atom stereocenters. The number of nitrogens with one attached hydrogen (secondary N) is 2. The third kappa shape index (κ3) is 2.31. The zero-order valence-corrected chi connectivity index (χ0v) is 10.4. The molecule has 0 radical (unpaired) electrons. The SMILES string of the molecule is CCC1(C(=O)Nc2cnccc2C)CCCN1. The van der Waals surface area contributed by atoms with Gasteiger partial charge in [0.05, 0.1) is 17.4 Å². The average Bonchev–Trinajstić information content (AvgIpc) is 2.82. The van der Waals surface area contributed by atoms with Crippen molar-refractivity contribution in [1.82, 2.24) is 10.3 Å². The molecule has 1 saturated heterocycles. The van der Waals surface area contributed by atoms with Crippen LogP contribution in [0, 0.1) is 6.92 Å². The summed E-state index contributed by atoms with van der Waals surface area (Å²) in [4.78, 5) is 16.4. The summed E-state index contributed by atoms with van der Waals surface area (Å²) >= 11 is 0. The first-order valence-electron chi connectivity index (χ1n) is 6.15. The number of anilines is 1. The number of carbonyl (C=O) groups is 1. The molecule has 1 aromatic rings. The number of nitrogens with zero attached hydrogens (tertiary/aromatic N) is 1. The molecule has 92 valence electrons. The van der Waals surface area contributed by atoms with Crippen LogP contribution >= 0.6 is 0 Å². The molecule has 1 aliphatic heterocycles. The van der Waals surface area contributed by atoms with Crippen LogP contribution in [0.2, 0.25) is 0 Å². The quantitative estimate of drug-likeness (QED) is 0.838. The van der Waals surface area contributed by atoms with E-state index in [4.69, 9.17) is 0 Å². The fourth-order valence-electron chi connectivity index (χ4n) is 2.30. The Morgan fingerprint density at radius 2 is 2.47 bits per heavy atom. The van der Waals surface area contributed by atoms with Gasteiger partial charge < -0.3 is 10.6 Å². The van der Waals surface area contributed by atoms with Crippen molar-refractivity contribution in [1.29, 1.82) is 0 Å². The number of hydrogen-bond acceptors (Lipinski definition) is 3. The molecule has 17 heavy (non-hydrogen) atoms. The number of amides is 1. The highest BCUT2D eigenvalue weighted by Gasteiger charge is 2.39. The minimum atomic E-state index is -0.387. The van der Waals surface area contributed by atoms with E-state index in [1.54, 1.807) is 12.4 Å². The first-order valence-corrected chi connectivity index (χ1v) is 6.15. The second-order valence-corrected chi connectivity index (χ2v) is 4.61. The van der Waals surface area contributed by atoms with E-state index in [1.807, 2.05) is 19.9 Å². The van der Waals surface area contributed by atoms with Crippen molar-refractivity contribution in [3.8, 4) is 0 Å². The van der Waals surface area contributed by atoms with E-state index in [9.17, 15) is 4.79 Å². The first kappa shape index (κ1) is 12.0. The lowest BCUT2D eigenvalue weighted by Crippen LogP contribution is -2.50. The maximum atomic E-state index is 12.3. The Morgan fingerprint density at radius 1 is 1.65 bits per heavy atom. The Hall–Kier alpha value is -1.42. The van der Waals surface area contributed by atoms with Crippen molar-refractivity contribution in [3.63, 3.8) is 0 Å². The van der Waals surface area contributed by atoms with Crippen LogP contribution in [0.5, 0.6) is 0 Å². The number of aryl methyl sites for hydroxylation is 1. The highest BCUT2D eigenvalue weighted by molar-refractivity contribution is 5.98. The van der Waals surface area contributed by atoms with Crippen LogP contribution in [-0.4, -0.2) is 23.0 Å². The fraction of sp³-hybridized carbons (Fsp3) is 0.538. The summed E-state index contributed by atoms with van der Waals surface area (Å²) in [5.74, 6) is 0.0635. The van der Waals surface area contributed by atoms with E-state index in [0.717, 1.165) is 37.1 Å². The number of carbonyl (C=O) groups excluding carboxylic acids is 1. The van der Waals surface area contributed by atoms with Crippen LogP contribution in [-0.2, 0) is 4.79 Å². The van der Waals surface area contributed by atoms with Crippen LogP contribution in [0.3, 0.4) is 0 Å². The molecule has 1 aliphatic rings. The van der Waals surface area contributed by atoms with Crippen LogP contribution in [0.1, 0.15) is 31.7 Å². The summed E-state index contributed by atoms with van der Waals surface area (Å²) in [6, 6.07) is 1.90. The Kier molecular flexibility index (Phi) is 3.43. The predicted octanol–water partition coefficient (Wildman–Crippen LogP) is 1.86.